The van der Waals surface area contributed by atoms with Crippen LogP contribution in [0.15, 0.2) is 0 Å². The number of rotatable bonds is 1. The fraction of sp³-hybridized carbons (Fsp3) is 0.857. The lowest BCUT2D eigenvalue weighted by atomic mass is 10.3. The zero-order valence-corrected chi connectivity index (χ0v) is 7.19. The van der Waals surface area contributed by atoms with Crippen molar-refractivity contribution >= 4 is 6.09 Å². The second-order valence-corrected chi connectivity index (χ2v) is 2.65. The summed E-state index contributed by atoms with van der Waals surface area (Å²) in [6, 6.07) is 0. The van der Waals surface area contributed by atoms with Crippen molar-refractivity contribution in [3.05, 3.63) is 0 Å². The molecule has 0 aromatic carbocycles. The van der Waals surface area contributed by atoms with Crippen molar-refractivity contribution in [2.24, 2.45) is 0 Å². The SMILES string of the molecule is COC(=O)N1CCC(O)C1OC. The summed E-state index contributed by atoms with van der Waals surface area (Å²) in [5, 5.41) is 9.33. The van der Waals surface area contributed by atoms with E-state index in [1.165, 1.54) is 19.1 Å². The summed E-state index contributed by atoms with van der Waals surface area (Å²) < 4.78 is 9.44. The van der Waals surface area contributed by atoms with Crippen molar-refractivity contribution in [2.45, 2.75) is 18.8 Å². The Morgan fingerprint density at radius 3 is 2.75 bits per heavy atom. The molecule has 0 spiro atoms. The van der Waals surface area contributed by atoms with E-state index in [1.54, 1.807) is 0 Å². The maximum Gasteiger partial charge on any atom is 0.411 e. The quantitative estimate of drug-likeness (QED) is 0.599. The van der Waals surface area contributed by atoms with Crippen molar-refractivity contribution < 1.29 is 19.4 Å². The molecule has 70 valence electrons. The largest absolute Gasteiger partial charge is 0.453 e. The first-order valence-electron chi connectivity index (χ1n) is 3.76. The first-order chi connectivity index (χ1) is 5.70. The normalized spacial score (nSPS) is 29.1. The minimum Gasteiger partial charge on any atom is -0.453 e. The van der Waals surface area contributed by atoms with Gasteiger partial charge in [0, 0.05) is 13.7 Å². The smallest absolute Gasteiger partial charge is 0.411 e. The Balaban J connectivity index is 2.60. The average molecular weight is 175 g/mol. The van der Waals surface area contributed by atoms with Gasteiger partial charge in [0.25, 0.3) is 0 Å². The molecule has 12 heavy (non-hydrogen) atoms. The van der Waals surface area contributed by atoms with Crippen molar-refractivity contribution in [1.82, 2.24) is 4.90 Å². The minimum atomic E-state index is -0.603. The highest BCUT2D eigenvalue weighted by molar-refractivity contribution is 5.68. The molecular weight excluding hydrogens is 162 g/mol. The summed E-state index contributed by atoms with van der Waals surface area (Å²) in [5.41, 5.74) is 0. The molecule has 1 rings (SSSR count). The molecule has 0 radical (unpaired) electrons. The third-order valence-corrected chi connectivity index (χ3v) is 1.95. The lowest BCUT2D eigenvalue weighted by molar-refractivity contribution is -0.0575. The van der Waals surface area contributed by atoms with Crippen LogP contribution in [0.5, 0.6) is 0 Å². The van der Waals surface area contributed by atoms with Gasteiger partial charge in [-0.3, -0.25) is 4.90 Å². The van der Waals surface area contributed by atoms with E-state index in [9.17, 15) is 9.90 Å². The van der Waals surface area contributed by atoms with Crippen LogP contribution in [0.3, 0.4) is 0 Å². The van der Waals surface area contributed by atoms with Gasteiger partial charge in [-0.15, -0.1) is 0 Å². The van der Waals surface area contributed by atoms with Crippen molar-refractivity contribution in [3.8, 4) is 0 Å². The summed E-state index contributed by atoms with van der Waals surface area (Å²) in [5.74, 6) is 0. The number of methoxy groups -OCH3 is 2. The molecule has 0 bridgehead atoms. The van der Waals surface area contributed by atoms with Crippen molar-refractivity contribution in [3.63, 3.8) is 0 Å². The molecule has 0 aromatic heterocycles. The number of aliphatic hydroxyl groups excluding tert-OH is 1. The van der Waals surface area contributed by atoms with Crippen LogP contribution >= 0.6 is 0 Å². The zero-order chi connectivity index (χ0) is 9.14. The maximum absolute atomic E-state index is 11.0. The van der Waals surface area contributed by atoms with Gasteiger partial charge < -0.3 is 14.6 Å². The summed E-state index contributed by atoms with van der Waals surface area (Å²) >= 11 is 0. The standard InChI is InChI=1S/C7H13NO4/c1-11-6-5(9)3-4-8(6)7(10)12-2/h5-6,9H,3-4H2,1-2H3. The van der Waals surface area contributed by atoms with Crippen LogP contribution in [-0.4, -0.2) is 49.2 Å². The van der Waals surface area contributed by atoms with Crippen LogP contribution in [0.25, 0.3) is 0 Å². The molecular formula is C7H13NO4. The van der Waals surface area contributed by atoms with Crippen LogP contribution in [0, 0.1) is 0 Å². The van der Waals surface area contributed by atoms with Crippen LogP contribution in [0.4, 0.5) is 4.79 Å². The lowest BCUT2D eigenvalue weighted by Gasteiger charge is -2.22. The van der Waals surface area contributed by atoms with Crippen LogP contribution in [0.1, 0.15) is 6.42 Å². The second kappa shape index (κ2) is 3.73. The van der Waals surface area contributed by atoms with Crippen molar-refractivity contribution in [1.29, 1.82) is 0 Å². The molecule has 5 nitrogen and oxygen atoms in total. The van der Waals surface area contributed by atoms with E-state index >= 15 is 0 Å². The predicted molar refractivity (Wildman–Crippen MR) is 40.5 cm³/mol. The Bertz CT molecular complexity index is 173. The van der Waals surface area contributed by atoms with Gasteiger partial charge in [-0.1, -0.05) is 0 Å². The van der Waals surface area contributed by atoms with Gasteiger partial charge in [0.2, 0.25) is 0 Å². The number of hydrogen-bond acceptors (Lipinski definition) is 4. The molecule has 0 saturated carbocycles. The van der Waals surface area contributed by atoms with Gasteiger partial charge in [0.15, 0.2) is 6.23 Å². The molecule has 0 aromatic rings. The number of carbonyl (C=O) groups is 1. The summed E-state index contributed by atoms with van der Waals surface area (Å²) in [6.45, 7) is 0.479. The number of ether oxygens (including phenoxy) is 2. The summed E-state index contributed by atoms with van der Waals surface area (Å²) in [6.07, 6.45) is -1.09. The molecule has 1 aliphatic rings. The molecule has 1 amide bonds. The first kappa shape index (κ1) is 9.28. The molecule has 1 heterocycles. The predicted octanol–water partition coefficient (Wildman–Crippen LogP) is -0.208. The molecule has 1 N–H and O–H groups in total. The minimum absolute atomic E-state index is 0.460. The first-order valence-corrected chi connectivity index (χ1v) is 3.76. The Hall–Kier alpha value is -0.810. The summed E-state index contributed by atoms with van der Waals surface area (Å²) in [7, 11) is 2.76. The van der Waals surface area contributed by atoms with Gasteiger partial charge in [0.1, 0.15) is 6.10 Å². The Morgan fingerprint density at radius 1 is 1.58 bits per heavy atom. The van der Waals surface area contributed by atoms with E-state index in [1.807, 2.05) is 0 Å². The van der Waals surface area contributed by atoms with E-state index < -0.39 is 18.4 Å². The number of nitrogens with zero attached hydrogens (tertiary/aromatic N) is 1. The summed E-state index contributed by atoms with van der Waals surface area (Å²) in [4.78, 5) is 12.4. The van der Waals surface area contributed by atoms with Gasteiger partial charge in [0.05, 0.1) is 7.11 Å². The number of hydrogen-bond donors (Lipinski definition) is 1. The Morgan fingerprint density at radius 2 is 2.25 bits per heavy atom. The van der Waals surface area contributed by atoms with Gasteiger partial charge in [-0.25, -0.2) is 4.79 Å². The van der Waals surface area contributed by atoms with E-state index in [0.717, 1.165) is 0 Å². The topological polar surface area (TPSA) is 59.0 Å². The Labute approximate surface area is 70.9 Å². The second-order valence-electron chi connectivity index (χ2n) is 2.65. The number of likely N-dealkylation sites (tertiary alicyclic amines) is 1. The van der Waals surface area contributed by atoms with Crippen molar-refractivity contribution in [2.75, 3.05) is 20.8 Å². The lowest BCUT2D eigenvalue weighted by Crippen LogP contribution is -2.40. The molecule has 1 fully saturated rings. The molecule has 2 unspecified atom stereocenters. The van der Waals surface area contributed by atoms with E-state index in [4.69, 9.17) is 4.74 Å². The van der Waals surface area contributed by atoms with Crippen LogP contribution < -0.4 is 0 Å². The highest BCUT2D eigenvalue weighted by Gasteiger charge is 2.36. The van der Waals surface area contributed by atoms with Crippen LogP contribution in [-0.2, 0) is 9.47 Å². The third kappa shape index (κ3) is 1.51. The fourth-order valence-electron chi connectivity index (χ4n) is 1.35. The van der Waals surface area contributed by atoms with E-state index in [0.29, 0.717) is 13.0 Å². The highest BCUT2D eigenvalue weighted by Crippen LogP contribution is 2.18. The number of carbonyl (C=O) groups excluding carboxylic acids is 1. The average Bonchev–Trinajstić information content (AvgIpc) is 2.45. The van der Waals surface area contributed by atoms with E-state index in [2.05, 4.69) is 4.74 Å². The van der Waals surface area contributed by atoms with Gasteiger partial charge >= 0.3 is 6.09 Å². The van der Waals surface area contributed by atoms with Crippen LogP contribution in [0.2, 0.25) is 0 Å². The highest BCUT2D eigenvalue weighted by atomic mass is 16.6. The fourth-order valence-corrected chi connectivity index (χ4v) is 1.35. The molecule has 1 saturated heterocycles. The zero-order valence-electron chi connectivity index (χ0n) is 7.19. The molecule has 1 aliphatic heterocycles. The van der Waals surface area contributed by atoms with Gasteiger partial charge in [-0.2, -0.15) is 0 Å². The monoisotopic (exact) mass is 175 g/mol. The molecule has 0 aliphatic carbocycles. The number of aliphatic hydroxyl groups is 1. The van der Waals surface area contributed by atoms with Gasteiger partial charge in [-0.05, 0) is 6.42 Å². The third-order valence-electron chi connectivity index (χ3n) is 1.95. The molecule has 2 atom stereocenters. The maximum atomic E-state index is 11.0. The Kier molecular flexibility index (Phi) is 2.88. The number of amides is 1. The molecule has 5 heteroatoms. The van der Waals surface area contributed by atoms with E-state index in [-0.39, 0.29) is 0 Å².